The van der Waals surface area contributed by atoms with Crippen LogP contribution in [0.25, 0.3) is 0 Å². The first-order valence-electron chi connectivity index (χ1n) is 5.64. The van der Waals surface area contributed by atoms with E-state index in [1.807, 2.05) is 6.92 Å². The molecule has 0 aromatic carbocycles. The summed E-state index contributed by atoms with van der Waals surface area (Å²) in [5.41, 5.74) is 5.44. The van der Waals surface area contributed by atoms with E-state index in [2.05, 4.69) is 12.2 Å². The third-order valence-corrected chi connectivity index (χ3v) is 2.75. The lowest BCUT2D eigenvalue weighted by molar-refractivity contribution is -0.121. The second kappa shape index (κ2) is 8.65. The molecule has 1 atom stereocenters. The van der Waals surface area contributed by atoms with Gasteiger partial charge in [0.25, 0.3) is 0 Å². The van der Waals surface area contributed by atoms with Crippen molar-refractivity contribution in [3.63, 3.8) is 0 Å². The van der Waals surface area contributed by atoms with Gasteiger partial charge in [0.15, 0.2) is 0 Å². The Kier molecular flexibility index (Phi) is 8.28. The molecule has 1 amide bonds. The second-order valence-electron chi connectivity index (χ2n) is 3.92. The highest BCUT2D eigenvalue weighted by Gasteiger charge is 2.06. The summed E-state index contributed by atoms with van der Waals surface area (Å²) < 4.78 is 0. The van der Waals surface area contributed by atoms with Crippen LogP contribution in [0.1, 0.15) is 46.0 Å². The van der Waals surface area contributed by atoms with Gasteiger partial charge in [-0.2, -0.15) is 0 Å². The minimum absolute atomic E-state index is 0.0830. The lowest BCUT2D eigenvalue weighted by Crippen LogP contribution is -2.33. The summed E-state index contributed by atoms with van der Waals surface area (Å²) in [5, 5.41) is 2.83. The minimum Gasteiger partial charge on any atom is -0.393 e. The summed E-state index contributed by atoms with van der Waals surface area (Å²) in [6.07, 6.45) is 5.12. The zero-order valence-electron chi connectivity index (χ0n) is 9.71. The average molecular weight is 230 g/mol. The van der Waals surface area contributed by atoms with Crippen molar-refractivity contribution in [3.05, 3.63) is 0 Å². The van der Waals surface area contributed by atoms with E-state index >= 15 is 0 Å². The molecule has 4 heteroatoms. The molecule has 0 saturated carbocycles. The molecule has 0 aliphatic rings. The van der Waals surface area contributed by atoms with Crippen molar-refractivity contribution in [2.24, 2.45) is 11.7 Å². The molecule has 15 heavy (non-hydrogen) atoms. The molecule has 0 radical (unpaired) electrons. The largest absolute Gasteiger partial charge is 0.393 e. The van der Waals surface area contributed by atoms with Crippen LogP contribution in [0.3, 0.4) is 0 Å². The molecule has 0 spiro atoms. The lowest BCUT2D eigenvalue weighted by atomic mass is 10.1. The summed E-state index contributed by atoms with van der Waals surface area (Å²) in [6, 6.07) is 0. The number of nitrogens with two attached hydrogens (primary N) is 1. The molecular formula is C11H22N2OS. The first-order chi connectivity index (χ1) is 7.07. The van der Waals surface area contributed by atoms with E-state index in [-0.39, 0.29) is 11.8 Å². The van der Waals surface area contributed by atoms with E-state index in [1.165, 1.54) is 12.8 Å². The van der Waals surface area contributed by atoms with Gasteiger partial charge in [0, 0.05) is 18.9 Å². The molecule has 88 valence electrons. The molecule has 0 aliphatic heterocycles. The summed E-state index contributed by atoms with van der Waals surface area (Å²) >= 11 is 4.82. The Morgan fingerprint density at radius 2 is 2.07 bits per heavy atom. The lowest BCUT2D eigenvalue weighted by Gasteiger charge is -2.10. The zero-order valence-corrected chi connectivity index (χ0v) is 10.5. The number of nitrogens with one attached hydrogen (secondary N) is 1. The van der Waals surface area contributed by atoms with Crippen LogP contribution in [-0.2, 0) is 4.79 Å². The Morgan fingerprint density at radius 3 is 2.60 bits per heavy atom. The van der Waals surface area contributed by atoms with Crippen LogP contribution in [0.4, 0.5) is 0 Å². The summed E-state index contributed by atoms with van der Waals surface area (Å²) in [4.78, 5) is 11.8. The number of unbranched alkanes of at least 4 members (excludes halogenated alkanes) is 3. The third kappa shape index (κ3) is 8.36. The highest BCUT2D eigenvalue weighted by atomic mass is 32.1. The third-order valence-electron chi connectivity index (χ3n) is 2.35. The minimum atomic E-state index is 0.0830. The predicted molar refractivity (Wildman–Crippen MR) is 67.7 cm³/mol. The maximum absolute atomic E-state index is 11.3. The zero-order chi connectivity index (χ0) is 11.7. The van der Waals surface area contributed by atoms with Gasteiger partial charge in [0.05, 0.1) is 4.99 Å². The number of rotatable bonds is 8. The van der Waals surface area contributed by atoms with Crippen molar-refractivity contribution in [1.82, 2.24) is 5.32 Å². The van der Waals surface area contributed by atoms with Crippen molar-refractivity contribution >= 4 is 23.1 Å². The first kappa shape index (κ1) is 14.4. The fourth-order valence-corrected chi connectivity index (χ4v) is 1.25. The fraction of sp³-hybridized carbons (Fsp3) is 0.818. The Balaban J connectivity index is 3.45. The molecule has 1 unspecified atom stereocenters. The molecule has 3 N–H and O–H groups in total. The Bertz CT molecular complexity index is 207. The smallest absolute Gasteiger partial charge is 0.220 e. The van der Waals surface area contributed by atoms with Crippen LogP contribution in [0.15, 0.2) is 0 Å². The number of carbonyl (C=O) groups is 1. The maximum Gasteiger partial charge on any atom is 0.220 e. The summed E-state index contributed by atoms with van der Waals surface area (Å²) in [5.74, 6) is 0.189. The SMILES string of the molecule is CCCCCCC(=O)NCC(C)C(N)=S. The van der Waals surface area contributed by atoms with Crippen molar-refractivity contribution in [1.29, 1.82) is 0 Å². The van der Waals surface area contributed by atoms with Gasteiger partial charge < -0.3 is 11.1 Å². The van der Waals surface area contributed by atoms with Crippen molar-refractivity contribution < 1.29 is 4.79 Å². The van der Waals surface area contributed by atoms with E-state index in [0.29, 0.717) is 18.0 Å². The predicted octanol–water partition coefficient (Wildman–Crippen LogP) is 2.00. The van der Waals surface area contributed by atoms with Gasteiger partial charge in [0.2, 0.25) is 5.91 Å². The first-order valence-corrected chi connectivity index (χ1v) is 6.04. The Morgan fingerprint density at radius 1 is 1.40 bits per heavy atom. The van der Waals surface area contributed by atoms with Crippen LogP contribution >= 0.6 is 12.2 Å². The van der Waals surface area contributed by atoms with Gasteiger partial charge in [-0.05, 0) is 6.42 Å². The number of thiocarbonyl (C=S) groups is 1. The van der Waals surface area contributed by atoms with Gasteiger partial charge in [0.1, 0.15) is 0 Å². The molecule has 0 rings (SSSR count). The van der Waals surface area contributed by atoms with E-state index in [0.717, 1.165) is 12.8 Å². The Hall–Kier alpha value is -0.640. The van der Waals surface area contributed by atoms with E-state index in [4.69, 9.17) is 18.0 Å². The topological polar surface area (TPSA) is 55.1 Å². The molecule has 0 saturated heterocycles. The quantitative estimate of drug-likeness (QED) is 0.495. The van der Waals surface area contributed by atoms with Crippen LogP contribution in [0.2, 0.25) is 0 Å². The summed E-state index contributed by atoms with van der Waals surface area (Å²) in [6.45, 7) is 4.63. The molecule has 0 aromatic rings. The van der Waals surface area contributed by atoms with Crippen molar-refractivity contribution in [2.45, 2.75) is 46.0 Å². The van der Waals surface area contributed by atoms with Gasteiger partial charge in [-0.3, -0.25) is 4.79 Å². The molecular weight excluding hydrogens is 208 g/mol. The number of amides is 1. The van der Waals surface area contributed by atoms with Gasteiger partial charge >= 0.3 is 0 Å². The number of hydrogen-bond donors (Lipinski definition) is 2. The fourth-order valence-electron chi connectivity index (χ4n) is 1.17. The monoisotopic (exact) mass is 230 g/mol. The van der Waals surface area contributed by atoms with Crippen LogP contribution in [0.5, 0.6) is 0 Å². The average Bonchev–Trinajstić information content (AvgIpc) is 2.20. The van der Waals surface area contributed by atoms with E-state index in [9.17, 15) is 4.79 Å². The summed E-state index contributed by atoms with van der Waals surface area (Å²) in [7, 11) is 0. The van der Waals surface area contributed by atoms with Crippen LogP contribution in [-0.4, -0.2) is 17.4 Å². The highest BCUT2D eigenvalue weighted by Crippen LogP contribution is 2.02. The second-order valence-corrected chi connectivity index (χ2v) is 4.39. The van der Waals surface area contributed by atoms with Crippen molar-refractivity contribution in [3.8, 4) is 0 Å². The molecule has 0 aliphatic carbocycles. The Labute approximate surface area is 97.8 Å². The van der Waals surface area contributed by atoms with Gasteiger partial charge in [-0.25, -0.2) is 0 Å². The molecule has 3 nitrogen and oxygen atoms in total. The normalized spacial score (nSPS) is 12.1. The highest BCUT2D eigenvalue weighted by molar-refractivity contribution is 7.80. The van der Waals surface area contributed by atoms with Crippen LogP contribution in [0, 0.1) is 5.92 Å². The molecule has 0 bridgehead atoms. The number of carbonyl (C=O) groups excluding carboxylic acids is 1. The van der Waals surface area contributed by atoms with E-state index in [1.54, 1.807) is 0 Å². The van der Waals surface area contributed by atoms with Gasteiger partial charge in [-0.15, -0.1) is 0 Å². The number of hydrogen-bond acceptors (Lipinski definition) is 2. The molecule has 0 aromatic heterocycles. The van der Waals surface area contributed by atoms with Crippen LogP contribution < -0.4 is 11.1 Å². The standard InChI is InChI=1S/C11H22N2OS/c1-3-4-5-6-7-10(14)13-8-9(2)11(12)15/h9H,3-8H2,1-2H3,(H2,12,15)(H,13,14). The van der Waals surface area contributed by atoms with Crippen molar-refractivity contribution in [2.75, 3.05) is 6.54 Å². The maximum atomic E-state index is 11.3. The van der Waals surface area contributed by atoms with Gasteiger partial charge in [-0.1, -0.05) is 45.3 Å². The molecule has 0 heterocycles. The van der Waals surface area contributed by atoms with E-state index < -0.39 is 0 Å². The molecule has 0 fully saturated rings.